The van der Waals surface area contributed by atoms with E-state index >= 15 is 0 Å². The van der Waals surface area contributed by atoms with Gasteiger partial charge >= 0.3 is 5.97 Å². The summed E-state index contributed by atoms with van der Waals surface area (Å²) in [5.74, 6) is -0.441. The number of nitrogens with zero attached hydrogens (tertiary/aromatic N) is 2. The van der Waals surface area contributed by atoms with Crippen LogP contribution in [0.5, 0.6) is 0 Å². The minimum Gasteiger partial charge on any atom is -0.468 e. The first-order valence-corrected chi connectivity index (χ1v) is 4.53. The molecule has 5 nitrogen and oxygen atoms in total. The molecule has 1 aromatic heterocycles. The quantitative estimate of drug-likeness (QED) is 0.539. The molecule has 0 aromatic carbocycles. The Labute approximate surface area is 87.7 Å². The number of nitrogens with two attached hydrogens (primary N) is 1. The molecule has 1 rings (SSSR count). The lowest BCUT2D eigenvalue weighted by Gasteiger charge is -2.07. The third-order valence-corrected chi connectivity index (χ3v) is 2.47. The molecule has 0 unspecified atom stereocenters. The Balaban J connectivity index is 2.69. The molecule has 0 aliphatic heterocycles. The molecule has 14 heavy (non-hydrogen) atoms. The van der Waals surface area contributed by atoms with E-state index in [1.807, 2.05) is 7.05 Å². The van der Waals surface area contributed by atoms with Crippen molar-refractivity contribution in [3.05, 3.63) is 12.0 Å². The van der Waals surface area contributed by atoms with E-state index in [-0.39, 0.29) is 0 Å². The Morgan fingerprint density at radius 2 is 2.50 bits per heavy atom. The Hall–Kier alpha value is -1.01. The number of esters is 1. The van der Waals surface area contributed by atoms with E-state index < -0.39 is 12.0 Å². The smallest absolute Gasteiger partial charge is 0.323 e. The topological polar surface area (TPSA) is 70.1 Å². The number of ether oxygens (including phenoxy) is 1. The summed E-state index contributed by atoms with van der Waals surface area (Å²) in [7, 11) is 3.13. The van der Waals surface area contributed by atoms with Crippen molar-refractivity contribution < 1.29 is 9.53 Å². The lowest BCUT2D eigenvalue weighted by atomic mass is 10.2. The first-order valence-electron chi connectivity index (χ1n) is 4.08. The molecule has 0 fully saturated rings. The van der Waals surface area contributed by atoms with Crippen LogP contribution < -0.4 is 5.73 Å². The zero-order valence-corrected chi connectivity index (χ0v) is 8.99. The van der Waals surface area contributed by atoms with Crippen LogP contribution in [0.4, 0.5) is 0 Å². The molecule has 0 aliphatic carbocycles. The van der Waals surface area contributed by atoms with Gasteiger partial charge in [0, 0.05) is 13.5 Å². The van der Waals surface area contributed by atoms with Gasteiger partial charge < -0.3 is 15.0 Å². The highest BCUT2D eigenvalue weighted by Crippen LogP contribution is 2.12. The average Bonchev–Trinajstić information content (AvgIpc) is 2.48. The number of thiol groups is 1. The number of methoxy groups -OCH3 is 1. The maximum atomic E-state index is 11.0. The van der Waals surface area contributed by atoms with Crippen LogP contribution in [-0.2, 0) is 23.0 Å². The molecule has 0 aliphatic rings. The Kier molecular flexibility index (Phi) is 3.54. The maximum Gasteiger partial charge on any atom is 0.323 e. The second-order valence-corrected chi connectivity index (χ2v) is 3.38. The molecule has 2 N–H and O–H groups in total. The average molecular weight is 215 g/mol. The summed E-state index contributed by atoms with van der Waals surface area (Å²) in [6.45, 7) is 0. The summed E-state index contributed by atoms with van der Waals surface area (Å²) in [4.78, 5) is 15.1. The van der Waals surface area contributed by atoms with Crippen LogP contribution in [0.25, 0.3) is 0 Å². The fourth-order valence-electron chi connectivity index (χ4n) is 1.06. The van der Waals surface area contributed by atoms with Gasteiger partial charge in [-0.05, 0) is 0 Å². The number of imidazole rings is 1. The Morgan fingerprint density at radius 1 is 1.86 bits per heavy atom. The van der Waals surface area contributed by atoms with Crippen molar-refractivity contribution in [3.8, 4) is 0 Å². The first-order chi connectivity index (χ1) is 6.56. The fourth-order valence-corrected chi connectivity index (χ4v) is 1.26. The lowest BCUT2D eigenvalue weighted by molar-refractivity contribution is -0.142. The molecule has 0 saturated carbocycles. The van der Waals surface area contributed by atoms with E-state index in [9.17, 15) is 4.79 Å². The zero-order chi connectivity index (χ0) is 10.7. The summed E-state index contributed by atoms with van der Waals surface area (Å²) in [5.41, 5.74) is 6.28. The van der Waals surface area contributed by atoms with Crippen molar-refractivity contribution in [2.24, 2.45) is 12.8 Å². The molecule has 78 valence electrons. The van der Waals surface area contributed by atoms with Gasteiger partial charge in [-0.3, -0.25) is 4.79 Å². The van der Waals surface area contributed by atoms with Crippen LogP contribution in [-0.4, -0.2) is 28.7 Å². The van der Waals surface area contributed by atoms with E-state index in [0.29, 0.717) is 17.1 Å². The second-order valence-electron chi connectivity index (χ2n) is 2.96. The molecule has 0 spiro atoms. The van der Waals surface area contributed by atoms with E-state index in [2.05, 4.69) is 22.3 Å². The third kappa shape index (κ3) is 2.27. The van der Waals surface area contributed by atoms with Gasteiger partial charge in [0.25, 0.3) is 0 Å². The first kappa shape index (κ1) is 11.1. The molecule has 0 bridgehead atoms. The van der Waals surface area contributed by atoms with Gasteiger partial charge in [0.05, 0.1) is 24.2 Å². The molecule has 0 radical (unpaired) electrons. The normalized spacial score (nSPS) is 12.6. The van der Waals surface area contributed by atoms with E-state index in [1.54, 1.807) is 10.9 Å². The van der Waals surface area contributed by atoms with E-state index in [1.165, 1.54) is 7.11 Å². The number of hydrogen-bond acceptors (Lipinski definition) is 5. The monoisotopic (exact) mass is 215 g/mol. The van der Waals surface area contributed by atoms with Crippen LogP contribution in [0, 0.1) is 0 Å². The molecule has 1 aromatic rings. The van der Waals surface area contributed by atoms with Gasteiger partial charge in [-0.1, -0.05) is 0 Å². The van der Waals surface area contributed by atoms with E-state index in [0.717, 1.165) is 0 Å². The van der Waals surface area contributed by atoms with Crippen LogP contribution >= 0.6 is 12.6 Å². The van der Waals surface area contributed by atoms with Crippen molar-refractivity contribution in [1.82, 2.24) is 9.55 Å². The number of carbonyl (C=O) groups is 1. The summed E-state index contributed by atoms with van der Waals surface area (Å²) >= 11 is 4.23. The third-order valence-electron chi connectivity index (χ3n) is 1.90. The standard InChI is InChI=1S/C8H13N3O2S/c1-11-4-10-6(7(11)14)3-5(9)8(12)13-2/h4-5,14H,3,9H2,1-2H3/t5-/m0/s1. The SMILES string of the molecule is COC(=O)[C@@H](N)Cc1ncn(C)c1S. The molecule has 0 saturated heterocycles. The van der Waals surface area contributed by atoms with Crippen molar-refractivity contribution in [1.29, 1.82) is 0 Å². The van der Waals surface area contributed by atoms with Crippen molar-refractivity contribution >= 4 is 18.6 Å². The largest absolute Gasteiger partial charge is 0.468 e. The second kappa shape index (κ2) is 4.47. The van der Waals surface area contributed by atoms with Crippen molar-refractivity contribution in [3.63, 3.8) is 0 Å². The van der Waals surface area contributed by atoms with Crippen molar-refractivity contribution in [2.45, 2.75) is 17.5 Å². The Bertz CT molecular complexity index is 337. The Morgan fingerprint density at radius 3 is 2.93 bits per heavy atom. The van der Waals surface area contributed by atoms with Gasteiger partial charge in [0.2, 0.25) is 0 Å². The van der Waals surface area contributed by atoms with E-state index in [4.69, 9.17) is 5.73 Å². The van der Waals surface area contributed by atoms with Gasteiger partial charge in [0.15, 0.2) is 0 Å². The number of hydrogen-bond donors (Lipinski definition) is 2. The zero-order valence-electron chi connectivity index (χ0n) is 8.10. The summed E-state index contributed by atoms with van der Waals surface area (Å²) in [6.07, 6.45) is 1.97. The lowest BCUT2D eigenvalue weighted by Crippen LogP contribution is -2.33. The van der Waals surface area contributed by atoms with Crippen molar-refractivity contribution in [2.75, 3.05) is 7.11 Å². The van der Waals surface area contributed by atoms with Gasteiger partial charge in [-0.2, -0.15) is 0 Å². The highest BCUT2D eigenvalue weighted by molar-refractivity contribution is 7.80. The van der Waals surface area contributed by atoms with Crippen LogP contribution in [0.3, 0.4) is 0 Å². The van der Waals surface area contributed by atoms with Gasteiger partial charge in [-0.15, -0.1) is 12.6 Å². The molecular formula is C8H13N3O2S. The minimum absolute atomic E-state index is 0.340. The van der Waals surface area contributed by atoms with Crippen LogP contribution in [0.15, 0.2) is 11.4 Å². The molecular weight excluding hydrogens is 202 g/mol. The van der Waals surface area contributed by atoms with Gasteiger partial charge in [0.1, 0.15) is 6.04 Å². The summed E-state index contributed by atoms with van der Waals surface area (Å²) < 4.78 is 6.26. The maximum absolute atomic E-state index is 11.0. The fraction of sp³-hybridized carbons (Fsp3) is 0.500. The molecule has 0 amide bonds. The summed E-state index contributed by atoms with van der Waals surface area (Å²) in [6, 6.07) is -0.680. The summed E-state index contributed by atoms with van der Waals surface area (Å²) in [5, 5.41) is 0.712. The highest BCUT2D eigenvalue weighted by Gasteiger charge is 2.17. The number of aromatic nitrogens is 2. The van der Waals surface area contributed by atoms with Crippen LogP contribution in [0.2, 0.25) is 0 Å². The molecule has 1 atom stereocenters. The number of carbonyl (C=O) groups excluding carboxylic acids is 1. The predicted molar refractivity (Wildman–Crippen MR) is 54.2 cm³/mol. The minimum atomic E-state index is -0.680. The molecule has 6 heteroatoms. The number of aryl methyl sites for hydroxylation is 1. The van der Waals surface area contributed by atoms with Gasteiger partial charge in [-0.25, -0.2) is 4.98 Å². The number of rotatable bonds is 3. The predicted octanol–water partition coefficient (Wildman–Crippen LogP) is -0.248. The highest BCUT2D eigenvalue weighted by atomic mass is 32.1. The van der Waals surface area contributed by atoms with Crippen LogP contribution in [0.1, 0.15) is 5.69 Å². The molecule has 1 heterocycles.